The van der Waals surface area contributed by atoms with Crippen molar-refractivity contribution < 1.29 is 4.79 Å². The van der Waals surface area contributed by atoms with Crippen molar-refractivity contribution in [1.82, 2.24) is 0 Å². The van der Waals surface area contributed by atoms with E-state index in [-0.39, 0.29) is 0 Å². The van der Waals surface area contributed by atoms with Crippen molar-refractivity contribution in [2.45, 2.75) is 77.0 Å². The summed E-state index contributed by atoms with van der Waals surface area (Å²) in [7, 11) is 0. The van der Waals surface area contributed by atoms with E-state index in [2.05, 4.69) is 0 Å². The van der Waals surface area contributed by atoms with Crippen LogP contribution in [-0.2, 0) is 4.79 Å². The van der Waals surface area contributed by atoms with Gasteiger partial charge in [0.2, 0.25) is 0 Å². The average Bonchev–Trinajstić information content (AvgIpc) is 3.21. The lowest BCUT2D eigenvalue weighted by molar-refractivity contribution is -0.119. The molecule has 0 N–H and O–H groups in total. The van der Waals surface area contributed by atoms with Crippen molar-refractivity contribution in [2.24, 2.45) is 35.5 Å². The lowest BCUT2D eigenvalue weighted by Gasteiger charge is -2.22. The highest BCUT2D eigenvalue weighted by Crippen LogP contribution is 2.51. The van der Waals surface area contributed by atoms with Gasteiger partial charge in [0.1, 0.15) is 5.78 Å². The van der Waals surface area contributed by atoms with Crippen molar-refractivity contribution in [1.29, 1.82) is 0 Å². The van der Waals surface area contributed by atoms with Gasteiger partial charge in [-0.25, -0.2) is 0 Å². The van der Waals surface area contributed by atoms with Gasteiger partial charge < -0.3 is 0 Å². The molecule has 0 aromatic heterocycles. The summed E-state index contributed by atoms with van der Waals surface area (Å²) in [6.45, 7) is 0. The Kier molecular flexibility index (Phi) is 3.64. The largest absolute Gasteiger partial charge is 0.300 e. The Bertz CT molecular complexity index is 340. The molecule has 1 heteroatoms. The average molecular weight is 274 g/mol. The number of rotatable bonds is 6. The van der Waals surface area contributed by atoms with Gasteiger partial charge in [0.25, 0.3) is 0 Å². The number of ketones is 1. The van der Waals surface area contributed by atoms with Crippen LogP contribution < -0.4 is 0 Å². The first-order valence-electron chi connectivity index (χ1n) is 9.29. The van der Waals surface area contributed by atoms with E-state index in [0.717, 1.165) is 48.3 Å². The first kappa shape index (κ1) is 13.3. The Labute approximate surface area is 123 Å². The van der Waals surface area contributed by atoms with Gasteiger partial charge in [0, 0.05) is 12.8 Å². The van der Waals surface area contributed by atoms with E-state index in [9.17, 15) is 4.79 Å². The molecule has 0 aliphatic heterocycles. The molecule has 0 radical (unpaired) electrons. The summed E-state index contributed by atoms with van der Waals surface area (Å²) in [5, 5.41) is 0. The second kappa shape index (κ2) is 5.46. The topological polar surface area (TPSA) is 17.1 Å². The lowest BCUT2D eigenvalue weighted by atomic mass is 9.83. The minimum atomic E-state index is 0.579. The molecular weight excluding hydrogens is 244 g/mol. The molecule has 4 rings (SSSR count). The van der Waals surface area contributed by atoms with Gasteiger partial charge >= 0.3 is 0 Å². The fourth-order valence-electron chi connectivity index (χ4n) is 6.28. The number of carbonyl (C=O) groups is 1. The maximum Gasteiger partial charge on any atom is 0.132 e. The van der Waals surface area contributed by atoms with E-state index in [4.69, 9.17) is 0 Å². The Morgan fingerprint density at radius 3 is 1.55 bits per heavy atom. The molecule has 0 saturated heterocycles. The second-order valence-electron chi connectivity index (χ2n) is 8.49. The SMILES string of the molecule is O=C(CCC1CC2CCC1C2)CCC1CC2CCC1C2. The third kappa shape index (κ3) is 2.57. The van der Waals surface area contributed by atoms with E-state index in [1.165, 1.54) is 64.2 Å². The molecule has 0 spiro atoms. The highest BCUT2D eigenvalue weighted by molar-refractivity contribution is 5.78. The molecule has 112 valence electrons. The fraction of sp³-hybridized carbons (Fsp3) is 0.947. The monoisotopic (exact) mass is 274 g/mol. The molecule has 6 unspecified atom stereocenters. The predicted octanol–water partition coefficient (Wildman–Crippen LogP) is 4.99. The maximum atomic E-state index is 12.2. The van der Waals surface area contributed by atoms with E-state index in [0.29, 0.717) is 5.78 Å². The summed E-state index contributed by atoms with van der Waals surface area (Å²) in [6, 6.07) is 0. The molecule has 4 saturated carbocycles. The summed E-state index contributed by atoms with van der Waals surface area (Å²) >= 11 is 0. The van der Waals surface area contributed by atoms with Gasteiger partial charge in [-0.15, -0.1) is 0 Å². The molecule has 4 bridgehead atoms. The van der Waals surface area contributed by atoms with Crippen molar-refractivity contribution in [3.63, 3.8) is 0 Å². The minimum absolute atomic E-state index is 0.579. The number of hydrogen-bond acceptors (Lipinski definition) is 1. The van der Waals surface area contributed by atoms with Gasteiger partial charge in [0.05, 0.1) is 0 Å². The van der Waals surface area contributed by atoms with Crippen LogP contribution in [0.25, 0.3) is 0 Å². The van der Waals surface area contributed by atoms with Crippen LogP contribution in [0.2, 0.25) is 0 Å². The number of Topliss-reactive ketones (excluding diaryl/α,β-unsaturated/α-hetero) is 1. The van der Waals surface area contributed by atoms with E-state index in [1.807, 2.05) is 0 Å². The van der Waals surface area contributed by atoms with Crippen molar-refractivity contribution in [3.05, 3.63) is 0 Å². The summed E-state index contributed by atoms with van der Waals surface area (Å²) in [6.07, 6.45) is 16.0. The molecule has 0 aromatic carbocycles. The molecule has 0 heterocycles. The van der Waals surface area contributed by atoms with Crippen molar-refractivity contribution in [2.75, 3.05) is 0 Å². The normalized spacial score (nSPS) is 45.4. The van der Waals surface area contributed by atoms with Crippen LogP contribution in [0.1, 0.15) is 77.0 Å². The molecule has 4 aliphatic rings. The molecule has 20 heavy (non-hydrogen) atoms. The van der Waals surface area contributed by atoms with E-state index in [1.54, 1.807) is 0 Å². The van der Waals surface area contributed by atoms with Crippen LogP contribution in [0.3, 0.4) is 0 Å². The minimum Gasteiger partial charge on any atom is -0.300 e. The van der Waals surface area contributed by atoms with Gasteiger partial charge in [-0.3, -0.25) is 4.79 Å². The predicted molar refractivity (Wildman–Crippen MR) is 81.4 cm³/mol. The molecule has 4 fully saturated rings. The third-order valence-electron chi connectivity index (χ3n) is 7.36. The van der Waals surface area contributed by atoms with Crippen LogP contribution in [-0.4, -0.2) is 5.78 Å². The lowest BCUT2D eigenvalue weighted by Crippen LogP contribution is -2.14. The number of fused-ring (bicyclic) bond motifs is 4. The summed E-state index contributed by atoms with van der Waals surface area (Å²) < 4.78 is 0. The molecule has 4 aliphatic carbocycles. The van der Waals surface area contributed by atoms with Gasteiger partial charge in [0.15, 0.2) is 0 Å². The van der Waals surface area contributed by atoms with Crippen LogP contribution in [0.5, 0.6) is 0 Å². The van der Waals surface area contributed by atoms with Gasteiger partial charge in [-0.1, -0.05) is 12.8 Å². The number of carbonyl (C=O) groups excluding carboxylic acids is 1. The highest BCUT2D eigenvalue weighted by Gasteiger charge is 2.40. The highest BCUT2D eigenvalue weighted by atomic mass is 16.1. The second-order valence-corrected chi connectivity index (χ2v) is 8.49. The maximum absolute atomic E-state index is 12.2. The Morgan fingerprint density at radius 1 is 0.700 bits per heavy atom. The van der Waals surface area contributed by atoms with Crippen LogP contribution in [0.4, 0.5) is 0 Å². The van der Waals surface area contributed by atoms with Gasteiger partial charge in [-0.2, -0.15) is 0 Å². The standard InChI is InChI=1S/C19H30O/c20-19(7-5-17-11-13-1-3-15(17)9-13)8-6-18-12-14-2-4-16(18)10-14/h13-18H,1-12H2. The molecule has 6 atom stereocenters. The zero-order valence-electron chi connectivity index (χ0n) is 12.9. The Morgan fingerprint density at radius 2 is 1.20 bits per heavy atom. The Balaban J connectivity index is 1.16. The van der Waals surface area contributed by atoms with Gasteiger partial charge in [-0.05, 0) is 86.9 Å². The fourth-order valence-corrected chi connectivity index (χ4v) is 6.28. The van der Waals surface area contributed by atoms with Crippen molar-refractivity contribution in [3.8, 4) is 0 Å². The number of hydrogen-bond donors (Lipinski definition) is 0. The quantitative estimate of drug-likeness (QED) is 0.667. The van der Waals surface area contributed by atoms with E-state index >= 15 is 0 Å². The zero-order valence-corrected chi connectivity index (χ0v) is 12.9. The summed E-state index contributed by atoms with van der Waals surface area (Å²) in [4.78, 5) is 12.2. The third-order valence-corrected chi connectivity index (χ3v) is 7.36. The molecular formula is C19H30O. The zero-order chi connectivity index (χ0) is 13.5. The molecule has 0 amide bonds. The van der Waals surface area contributed by atoms with Crippen LogP contribution >= 0.6 is 0 Å². The molecule has 0 aromatic rings. The molecule has 1 nitrogen and oxygen atoms in total. The summed E-state index contributed by atoms with van der Waals surface area (Å²) in [5.74, 6) is 6.48. The Hall–Kier alpha value is -0.330. The summed E-state index contributed by atoms with van der Waals surface area (Å²) in [5.41, 5.74) is 0. The first-order valence-corrected chi connectivity index (χ1v) is 9.29. The van der Waals surface area contributed by atoms with Crippen molar-refractivity contribution >= 4 is 5.78 Å². The smallest absolute Gasteiger partial charge is 0.132 e. The first-order chi connectivity index (χ1) is 9.78. The van der Waals surface area contributed by atoms with Crippen LogP contribution in [0, 0.1) is 35.5 Å². The van der Waals surface area contributed by atoms with Crippen LogP contribution in [0.15, 0.2) is 0 Å². The van der Waals surface area contributed by atoms with E-state index < -0.39 is 0 Å².